The molecule has 1 heterocycles. The first-order chi connectivity index (χ1) is 13.7. The highest BCUT2D eigenvalue weighted by Crippen LogP contribution is 2.49. The quantitative estimate of drug-likeness (QED) is 0.423. The Morgan fingerprint density at radius 1 is 1.03 bits per heavy atom. The van der Waals surface area contributed by atoms with E-state index in [0.717, 1.165) is 12.1 Å². The second-order valence-electron chi connectivity index (χ2n) is 9.03. The molecule has 1 aliphatic heterocycles. The van der Waals surface area contributed by atoms with Crippen molar-refractivity contribution in [2.45, 2.75) is 58.2 Å². The topological polar surface area (TPSA) is 74.1 Å². The fourth-order valence-corrected chi connectivity index (χ4v) is 3.31. The van der Waals surface area contributed by atoms with Crippen LogP contribution >= 0.6 is 0 Å². The molecule has 162 valence electrons. The number of hydrazone groups is 1. The molecule has 3 rings (SSSR count). The lowest BCUT2D eigenvalue weighted by molar-refractivity contribution is -0.137. The predicted molar refractivity (Wildman–Crippen MR) is 109 cm³/mol. The zero-order valence-electron chi connectivity index (χ0n) is 17.5. The number of halogens is 3. The van der Waals surface area contributed by atoms with Crippen LogP contribution in [-0.4, -0.2) is 21.5 Å². The summed E-state index contributed by atoms with van der Waals surface area (Å²) in [5.74, 6) is -0.467. The van der Waals surface area contributed by atoms with Crippen LogP contribution in [0.4, 0.5) is 18.9 Å². The molecule has 5 nitrogen and oxygen atoms in total. The lowest BCUT2D eigenvalue weighted by Gasteiger charge is -2.35. The maximum absolute atomic E-state index is 12.7. The van der Waals surface area contributed by atoms with Gasteiger partial charge >= 0.3 is 6.18 Å². The molecule has 0 aromatic heterocycles. The number of benzene rings is 2. The summed E-state index contributed by atoms with van der Waals surface area (Å²) in [6.45, 7) is 9.34. The zero-order valence-corrected chi connectivity index (χ0v) is 17.5. The Labute approximate surface area is 173 Å². The van der Waals surface area contributed by atoms with Gasteiger partial charge in [-0.15, -0.1) is 0 Å². The van der Waals surface area contributed by atoms with Crippen LogP contribution in [0.3, 0.4) is 0 Å². The number of nitrogens with one attached hydrogen (secondary N) is 1. The number of nitrogens with zero attached hydrogens (tertiary/aromatic N) is 1. The molecular formula is C22H25F3N2O3. The summed E-state index contributed by atoms with van der Waals surface area (Å²) >= 11 is 0. The molecule has 0 unspecified atom stereocenters. The summed E-state index contributed by atoms with van der Waals surface area (Å²) in [6.07, 6.45) is -4.02. The monoisotopic (exact) mass is 422 g/mol. The van der Waals surface area contributed by atoms with Crippen LogP contribution in [0.1, 0.15) is 57.7 Å². The van der Waals surface area contributed by atoms with Gasteiger partial charge in [0.1, 0.15) is 5.60 Å². The van der Waals surface area contributed by atoms with E-state index >= 15 is 0 Å². The van der Waals surface area contributed by atoms with E-state index in [-0.39, 0.29) is 17.2 Å². The van der Waals surface area contributed by atoms with Crippen LogP contribution in [0.15, 0.2) is 35.4 Å². The summed E-state index contributed by atoms with van der Waals surface area (Å²) in [5.41, 5.74) is 2.89. The highest BCUT2D eigenvalue weighted by molar-refractivity contribution is 6.06. The number of fused-ring (bicyclic) bond motifs is 1. The summed E-state index contributed by atoms with van der Waals surface area (Å²) in [4.78, 5) is 0. The average molecular weight is 422 g/mol. The fraction of sp³-hybridized carbons (Fsp3) is 0.409. The molecule has 0 aliphatic carbocycles. The highest BCUT2D eigenvalue weighted by Gasteiger charge is 2.36. The zero-order chi connectivity index (χ0) is 22.5. The van der Waals surface area contributed by atoms with E-state index in [1.165, 1.54) is 12.1 Å². The van der Waals surface area contributed by atoms with Crippen molar-refractivity contribution in [3.05, 3.63) is 47.0 Å². The minimum Gasteiger partial charge on any atom is -0.504 e. The largest absolute Gasteiger partial charge is 0.504 e. The highest BCUT2D eigenvalue weighted by atomic mass is 19.4. The number of ether oxygens (including phenoxy) is 1. The molecule has 0 saturated carbocycles. The van der Waals surface area contributed by atoms with Crippen molar-refractivity contribution in [1.29, 1.82) is 0 Å². The molecule has 8 heteroatoms. The summed E-state index contributed by atoms with van der Waals surface area (Å²) in [5, 5.41) is 25.4. The Kier molecular flexibility index (Phi) is 5.16. The van der Waals surface area contributed by atoms with Crippen LogP contribution in [0, 0.1) is 0 Å². The average Bonchev–Trinajstić information content (AvgIpc) is 2.61. The molecular weight excluding hydrogens is 397 g/mol. The van der Waals surface area contributed by atoms with Gasteiger partial charge in [-0.2, -0.15) is 18.3 Å². The van der Waals surface area contributed by atoms with E-state index in [2.05, 4.69) is 10.5 Å². The minimum atomic E-state index is -4.41. The molecule has 2 aromatic carbocycles. The molecule has 2 aromatic rings. The second kappa shape index (κ2) is 7.11. The predicted octanol–water partition coefficient (Wildman–Crippen LogP) is 5.79. The van der Waals surface area contributed by atoms with Gasteiger partial charge in [0.05, 0.1) is 17.0 Å². The van der Waals surface area contributed by atoms with Crippen molar-refractivity contribution in [3.63, 3.8) is 0 Å². The number of alkyl halides is 3. The molecule has 30 heavy (non-hydrogen) atoms. The van der Waals surface area contributed by atoms with E-state index in [0.29, 0.717) is 28.9 Å². The molecule has 0 amide bonds. The van der Waals surface area contributed by atoms with E-state index in [9.17, 15) is 23.4 Å². The Bertz CT molecular complexity index is 989. The van der Waals surface area contributed by atoms with Gasteiger partial charge in [-0.1, -0.05) is 20.8 Å². The van der Waals surface area contributed by atoms with E-state index < -0.39 is 22.8 Å². The van der Waals surface area contributed by atoms with Crippen molar-refractivity contribution < 1.29 is 28.1 Å². The first kappa shape index (κ1) is 21.8. The van der Waals surface area contributed by atoms with E-state index in [1.807, 2.05) is 34.6 Å². The number of aromatic hydroxyl groups is 2. The van der Waals surface area contributed by atoms with Crippen molar-refractivity contribution in [1.82, 2.24) is 0 Å². The van der Waals surface area contributed by atoms with Gasteiger partial charge in [0.15, 0.2) is 11.5 Å². The molecule has 0 fully saturated rings. The Hall–Kier alpha value is -2.90. The van der Waals surface area contributed by atoms with Gasteiger partial charge in [0.2, 0.25) is 5.75 Å². The Morgan fingerprint density at radius 3 is 2.17 bits per heavy atom. The van der Waals surface area contributed by atoms with Gasteiger partial charge in [-0.3, -0.25) is 5.43 Å². The third-order valence-electron chi connectivity index (χ3n) is 4.85. The lowest BCUT2D eigenvalue weighted by atomic mass is 9.82. The van der Waals surface area contributed by atoms with Crippen LogP contribution in [0.5, 0.6) is 17.2 Å². The maximum Gasteiger partial charge on any atom is 0.416 e. The second-order valence-corrected chi connectivity index (χ2v) is 9.03. The van der Waals surface area contributed by atoms with Crippen molar-refractivity contribution in [2.75, 3.05) is 5.43 Å². The van der Waals surface area contributed by atoms with Crippen LogP contribution < -0.4 is 10.2 Å². The summed E-state index contributed by atoms with van der Waals surface area (Å²) in [6, 6.07) is 6.28. The van der Waals surface area contributed by atoms with Crippen LogP contribution in [-0.2, 0) is 11.6 Å². The van der Waals surface area contributed by atoms with Crippen LogP contribution in [0.2, 0.25) is 0 Å². The van der Waals surface area contributed by atoms with Crippen molar-refractivity contribution in [2.24, 2.45) is 5.10 Å². The van der Waals surface area contributed by atoms with Gasteiger partial charge < -0.3 is 14.9 Å². The number of hydrogen-bond donors (Lipinski definition) is 3. The molecule has 0 atom stereocenters. The number of phenolic OH excluding ortho intramolecular Hbond substituents is 2. The number of hydrogen-bond acceptors (Lipinski definition) is 5. The first-order valence-corrected chi connectivity index (χ1v) is 9.48. The normalized spacial score (nSPS) is 17.4. The third-order valence-corrected chi connectivity index (χ3v) is 4.85. The standard InChI is InChI=1S/C22H25F3N2O3/c1-20(2,3)15-10-14-16(11-21(4,5)30-19(14)18(29)17(15)28)27-26-13-8-6-12(7-9-13)22(23,24)25/h6-10,26,28-29H,11H2,1-5H3. The SMILES string of the molecule is CC1(C)CC(=NNc2ccc(C(F)(F)F)cc2)c2cc(C(C)(C)C)c(O)c(O)c2O1. The van der Waals surface area contributed by atoms with Gasteiger partial charge in [0, 0.05) is 17.5 Å². The summed E-state index contributed by atoms with van der Waals surface area (Å²) < 4.78 is 44.1. The Balaban J connectivity index is 2.03. The van der Waals surface area contributed by atoms with Crippen molar-refractivity contribution in [3.8, 4) is 17.2 Å². The van der Waals surface area contributed by atoms with E-state index in [1.54, 1.807) is 6.07 Å². The molecule has 3 N–H and O–H groups in total. The van der Waals surface area contributed by atoms with Gasteiger partial charge in [-0.25, -0.2) is 0 Å². The number of anilines is 1. The van der Waals surface area contributed by atoms with Crippen molar-refractivity contribution >= 4 is 11.4 Å². The Morgan fingerprint density at radius 2 is 1.63 bits per heavy atom. The van der Waals surface area contributed by atoms with Crippen LogP contribution in [0.25, 0.3) is 0 Å². The fourth-order valence-electron chi connectivity index (χ4n) is 3.31. The molecule has 0 spiro atoms. The minimum absolute atomic E-state index is 0.129. The smallest absolute Gasteiger partial charge is 0.416 e. The molecule has 0 radical (unpaired) electrons. The van der Waals surface area contributed by atoms with Gasteiger partial charge in [-0.05, 0) is 49.6 Å². The molecule has 1 aliphatic rings. The number of phenols is 2. The lowest BCUT2D eigenvalue weighted by Crippen LogP contribution is -2.37. The third kappa shape index (κ3) is 4.32. The summed E-state index contributed by atoms with van der Waals surface area (Å²) in [7, 11) is 0. The first-order valence-electron chi connectivity index (χ1n) is 9.48. The van der Waals surface area contributed by atoms with E-state index in [4.69, 9.17) is 4.74 Å². The maximum atomic E-state index is 12.7. The number of rotatable bonds is 2. The molecule has 0 bridgehead atoms. The molecule has 0 saturated heterocycles. The van der Waals surface area contributed by atoms with Gasteiger partial charge in [0.25, 0.3) is 0 Å².